The van der Waals surface area contributed by atoms with Crippen LogP contribution in [0.25, 0.3) is 0 Å². The van der Waals surface area contributed by atoms with E-state index < -0.39 is 10.0 Å². The van der Waals surface area contributed by atoms with Crippen LogP contribution >= 0.6 is 12.4 Å². The van der Waals surface area contributed by atoms with Crippen molar-refractivity contribution in [1.82, 2.24) is 5.32 Å². The third-order valence-electron chi connectivity index (χ3n) is 4.04. The van der Waals surface area contributed by atoms with E-state index in [2.05, 4.69) is 15.4 Å². The van der Waals surface area contributed by atoms with Crippen LogP contribution in [0.2, 0.25) is 0 Å². The number of nitrogens with one attached hydrogen (secondary N) is 3. The van der Waals surface area contributed by atoms with Crippen LogP contribution in [0.15, 0.2) is 18.2 Å². The zero-order chi connectivity index (χ0) is 16.9. The van der Waals surface area contributed by atoms with Crippen molar-refractivity contribution in [3.05, 3.63) is 23.8 Å². The number of piperidine rings is 1. The Morgan fingerprint density at radius 1 is 1.25 bits per heavy atom. The van der Waals surface area contributed by atoms with Crippen LogP contribution in [0.3, 0.4) is 0 Å². The normalized spacial score (nSPS) is 15.4. The van der Waals surface area contributed by atoms with E-state index in [1.165, 1.54) is 0 Å². The SMILES string of the molecule is CCCS(=O)(=O)Nc1cccc(NC(=O)C2CCNCC2)c1C.Cl. The van der Waals surface area contributed by atoms with Crippen LogP contribution in [0, 0.1) is 12.8 Å². The van der Waals surface area contributed by atoms with Crippen LogP contribution < -0.4 is 15.4 Å². The minimum Gasteiger partial charge on any atom is -0.326 e. The van der Waals surface area contributed by atoms with Gasteiger partial charge < -0.3 is 10.6 Å². The lowest BCUT2D eigenvalue weighted by molar-refractivity contribution is -0.120. The van der Waals surface area contributed by atoms with Gasteiger partial charge in [0.05, 0.1) is 11.4 Å². The van der Waals surface area contributed by atoms with E-state index in [1.54, 1.807) is 18.2 Å². The van der Waals surface area contributed by atoms with Gasteiger partial charge in [-0.15, -0.1) is 12.4 Å². The molecule has 1 heterocycles. The predicted octanol–water partition coefficient (Wildman–Crippen LogP) is 2.51. The number of hydrogen-bond donors (Lipinski definition) is 3. The summed E-state index contributed by atoms with van der Waals surface area (Å²) in [5, 5.41) is 6.17. The number of sulfonamides is 1. The monoisotopic (exact) mass is 375 g/mol. The van der Waals surface area contributed by atoms with Crippen molar-refractivity contribution in [3.63, 3.8) is 0 Å². The first-order chi connectivity index (χ1) is 10.9. The average molecular weight is 376 g/mol. The van der Waals surface area contributed by atoms with Gasteiger partial charge in [-0.1, -0.05) is 13.0 Å². The van der Waals surface area contributed by atoms with Gasteiger partial charge in [0.15, 0.2) is 0 Å². The van der Waals surface area contributed by atoms with Crippen LogP contribution in [0.1, 0.15) is 31.7 Å². The molecule has 1 saturated heterocycles. The quantitative estimate of drug-likeness (QED) is 0.712. The molecule has 1 aliphatic heterocycles. The van der Waals surface area contributed by atoms with Gasteiger partial charge in [0.25, 0.3) is 0 Å². The fourth-order valence-corrected chi connectivity index (χ4v) is 3.88. The summed E-state index contributed by atoms with van der Waals surface area (Å²) in [6, 6.07) is 5.25. The lowest BCUT2D eigenvalue weighted by Crippen LogP contribution is -2.34. The van der Waals surface area contributed by atoms with Crippen molar-refractivity contribution in [1.29, 1.82) is 0 Å². The van der Waals surface area contributed by atoms with Crippen LogP contribution in [0.5, 0.6) is 0 Å². The molecule has 0 aliphatic carbocycles. The standard InChI is InChI=1S/C16H25N3O3S.ClH/c1-3-11-23(21,22)19-15-6-4-5-14(12(15)2)18-16(20)13-7-9-17-10-8-13;/h4-6,13,17,19H,3,7-11H2,1-2H3,(H,18,20);1H. The first-order valence-corrected chi connectivity index (χ1v) is 9.70. The molecule has 0 bridgehead atoms. The molecule has 136 valence electrons. The van der Waals surface area contributed by atoms with Crippen molar-refractivity contribution in [2.24, 2.45) is 5.92 Å². The number of carbonyl (C=O) groups excluding carboxylic acids is 1. The first-order valence-electron chi connectivity index (χ1n) is 8.04. The van der Waals surface area contributed by atoms with Crippen molar-refractivity contribution in [2.45, 2.75) is 33.1 Å². The average Bonchev–Trinajstić information content (AvgIpc) is 2.52. The van der Waals surface area contributed by atoms with E-state index in [4.69, 9.17) is 0 Å². The Hall–Kier alpha value is -1.31. The van der Waals surface area contributed by atoms with Gasteiger partial charge in [-0.3, -0.25) is 9.52 Å². The molecule has 1 aromatic carbocycles. The highest BCUT2D eigenvalue weighted by Crippen LogP contribution is 2.25. The van der Waals surface area contributed by atoms with Gasteiger partial charge in [0, 0.05) is 11.6 Å². The van der Waals surface area contributed by atoms with Crippen LogP contribution in [-0.2, 0) is 14.8 Å². The van der Waals surface area contributed by atoms with E-state index in [0.717, 1.165) is 31.5 Å². The fourth-order valence-electron chi connectivity index (χ4n) is 2.69. The zero-order valence-corrected chi connectivity index (χ0v) is 15.7. The second-order valence-electron chi connectivity index (χ2n) is 5.91. The minimum absolute atomic E-state index is 0. The molecule has 3 N–H and O–H groups in total. The van der Waals surface area contributed by atoms with Crippen molar-refractivity contribution < 1.29 is 13.2 Å². The summed E-state index contributed by atoms with van der Waals surface area (Å²) in [4.78, 5) is 12.3. The summed E-state index contributed by atoms with van der Waals surface area (Å²) in [5.74, 6) is 0.0946. The molecule has 24 heavy (non-hydrogen) atoms. The summed E-state index contributed by atoms with van der Waals surface area (Å²) in [6.07, 6.45) is 2.21. The Bertz CT molecular complexity index is 659. The van der Waals surface area contributed by atoms with E-state index in [-0.39, 0.29) is 30.0 Å². The molecule has 0 aromatic heterocycles. The van der Waals surface area contributed by atoms with Gasteiger partial charge in [0.1, 0.15) is 0 Å². The maximum Gasteiger partial charge on any atom is 0.232 e. The molecule has 1 aromatic rings. The molecule has 0 spiro atoms. The predicted molar refractivity (Wildman–Crippen MR) is 100 cm³/mol. The topological polar surface area (TPSA) is 87.3 Å². The highest BCUT2D eigenvalue weighted by Gasteiger charge is 2.21. The maximum absolute atomic E-state index is 12.3. The van der Waals surface area contributed by atoms with Gasteiger partial charge >= 0.3 is 0 Å². The van der Waals surface area contributed by atoms with Gasteiger partial charge in [-0.2, -0.15) is 0 Å². The van der Waals surface area contributed by atoms with E-state index >= 15 is 0 Å². The molecule has 6 nitrogen and oxygen atoms in total. The molecule has 1 fully saturated rings. The second-order valence-corrected chi connectivity index (χ2v) is 7.75. The molecule has 1 aliphatic rings. The molecule has 0 unspecified atom stereocenters. The maximum atomic E-state index is 12.3. The molecule has 0 radical (unpaired) electrons. The Morgan fingerprint density at radius 3 is 2.50 bits per heavy atom. The van der Waals surface area contributed by atoms with E-state index in [0.29, 0.717) is 17.8 Å². The minimum atomic E-state index is -3.34. The Balaban J connectivity index is 0.00000288. The summed E-state index contributed by atoms with van der Waals surface area (Å²) < 4.78 is 26.4. The van der Waals surface area contributed by atoms with Crippen LogP contribution in [-0.4, -0.2) is 33.2 Å². The van der Waals surface area contributed by atoms with E-state index in [9.17, 15) is 13.2 Å². The van der Waals surface area contributed by atoms with Crippen molar-refractivity contribution in [3.8, 4) is 0 Å². The molecule has 8 heteroatoms. The smallest absolute Gasteiger partial charge is 0.232 e. The molecule has 0 saturated carbocycles. The van der Waals surface area contributed by atoms with Gasteiger partial charge in [-0.25, -0.2) is 8.42 Å². The number of anilines is 2. The molecular formula is C16H26ClN3O3S. The molecule has 2 rings (SSSR count). The Labute approximate surface area is 150 Å². The van der Waals surface area contributed by atoms with Gasteiger partial charge in [-0.05, 0) is 57.0 Å². The van der Waals surface area contributed by atoms with Crippen molar-refractivity contribution >= 4 is 39.7 Å². The lowest BCUT2D eigenvalue weighted by Gasteiger charge is -2.22. The van der Waals surface area contributed by atoms with Crippen LogP contribution in [0.4, 0.5) is 11.4 Å². The number of amides is 1. The lowest BCUT2D eigenvalue weighted by atomic mass is 9.97. The molecule has 0 atom stereocenters. The molecule has 1 amide bonds. The Morgan fingerprint density at radius 2 is 1.88 bits per heavy atom. The number of hydrogen-bond acceptors (Lipinski definition) is 4. The summed E-state index contributed by atoms with van der Waals surface area (Å²) in [6.45, 7) is 5.34. The van der Waals surface area contributed by atoms with E-state index in [1.807, 2.05) is 13.8 Å². The Kier molecular flexibility index (Phi) is 7.99. The summed E-state index contributed by atoms with van der Waals surface area (Å²) in [7, 11) is -3.34. The largest absolute Gasteiger partial charge is 0.326 e. The molecular weight excluding hydrogens is 350 g/mol. The number of carbonyl (C=O) groups is 1. The highest BCUT2D eigenvalue weighted by atomic mass is 35.5. The van der Waals surface area contributed by atoms with Gasteiger partial charge in [0.2, 0.25) is 15.9 Å². The zero-order valence-electron chi connectivity index (χ0n) is 14.1. The second kappa shape index (κ2) is 9.25. The van der Waals surface area contributed by atoms with Crippen molar-refractivity contribution in [2.75, 3.05) is 28.9 Å². The third-order valence-corrected chi connectivity index (χ3v) is 5.52. The number of halogens is 1. The highest BCUT2D eigenvalue weighted by molar-refractivity contribution is 7.92. The third kappa shape index (κ3) is 5.65. The fraction of sp³-hybridized carbons (Fsp3) is 0.562. The number of rotatable bonds is 6. The summed E-state index contributed by atoms with van der Waals surface area (Å²) >= 11 is 0. The first kappa shape index (κ1) is 20.7. The summed E-state index contributed by atoms with van der Waals surface area (Å²) in [5.41, 5.74) is 1.90. The number of benzene rings is 1.